The van der Waals surface area contributed by atoms with Gasteiger partial charge in [0.25, 0.3) is 0 Å². The highest BCUT2D eigenvalue weighted by Crippen LogP contribution is 2.29. The summed E-state index contributed by atoms with van der Waals surface area (Å²) in [4.78, 5) is 0. The summed E-state index contributed by atoms with van der Waals surface area (Å²) in [6.45, 7) is -0.0764. The van der Waals surface area contributed by atoms with E-state index in [-0.39, 0.29) is 0 Å². The molecule has 0 aromatic rings. The lowest BCUT2D eigenvalue weighted by Gasteiger charge is -2.24. The zero-order chi connectivity index (χ0) is 8.41. The number of halogens is 3. The molecule has 0 unspecified atom stereocenters. The van der Waals surface area contributed by atoms with Gasteiger partial charge in [-0.25, -0.2) is 0 Å². The molecular weight excluding hydrogens is 149 g/mol. The molecular formula is C5H9F3O2. The van der Waals surface area contributed by atoms with Crippen molar-refractivity contribution in [2.75, 3.05) is 13.7 Å². The highest BCUT2D eigenvalue weighted by atomic mass is 19.4. The first kappa shape index (κ1) is 9.71. The van der Waals surface area contributed by atoms with Crippen LogP contribution in [0.25, 0.3) is 0 Å². The van der Waals surface area contributed by atoms with Crippen LogP contribution in [-0.2, 0) is 4.74 Å². The van der Waals surface area contributed by atoms with Crippen molar-refractivity contribution in [2.24, 2.45) is 0 Å². The van der Waals surface area contributed by atoms with Crippen molar-refractivity contribution in [1.29, 1.82) is 0 Å². The van der Waals surface area contributed by atoms with Crippen LogP contribution in [0, 0.1) is 0 Å². The molecule has 0 saturated heterocycles. The van der Waals surface area contributed by atoms with Gasteiger partial charge in [0.15, 0.2) is 5.60 Å². The van der Waals surface area contributed by atoms with E-state index >= 15 is 0 Å². The van der Waals surface area contributed by atoms with Crippen molar-refractivity contribution >= 4 is 0 Å². The molecule has 0 amide bonds. The minimum atomic E-state index is -4.62. The molecule has 0 rings (SSSR count). The van der Waals surface area contributed by atoms with Gasteiger partial charge in [-0.05, 0) is 6.92 Å². The van der Waals surface area contributed by atoms with Crippen LogP contribution in [0.5, 0.6) is 0 Å². The van der Waals surface area contributed by atoms with Crippen molar-refractivity contribution in [3.05, 3.63) is 0 Å². The highest BCUT2D eigenvalue weighted by molar-refractivity contribution is 4.80. The lowest BCUT2D eigenvalue weighted by atomic mass is 10.1. The van der Waals surface area contributed by atoms with E-state index in [9.17, 15) is 13.2 Å². The molecule has 0 radical (unpaired) electrons. The predicted octanol–water partition coefficient (Wildman–Crippen LogP) is 0.946. The zero-order valence-electron chi connectivity index (χ0n) is 5.70. The molecule has 1 atom stereocenters. The van der Waals surface area contributed by atoms with E-state index in [1.54, 1.807) is 0 Å². The van der Waals surface area contributed by atoms with Crippen molar-refractivity contribution in [3.63, 3.8) is 0 Å². The third kappa shape index (κ3) is 2.15. The monoisotopic (exact) mass is 158 g/mol. The minimum absolute atomic E-state index is 0.663. The van der Waals surface area contributed by atoms with Crippen LogP contribution < -0.4 is 0 Å². The summed E-state index contributed by atoms with van der Waals surface area (Å²) >= 11 is 0. The molecule has 0 aliphatic carbocycles. The Morgan fingerprint density at radius 3 is 1.90 bits per heavy atom. The molecule has 62 valence electrons. The first-order valence-corrected chi connectivity index (χ1v) is 2.59. The fraction of sp³-hybridized carbons (Fsp3) is 1.00. The average Bonchev–Trinajstić information content (AvgIpc) is 1.61. The van der Waals surface area contributed by atoms with E-state index in [1.807, 2.05) is 0 Å². The molecule has 0 heterocycles. The van der Waals surface area contributed by atoms with Crippen LogP contribution in [0.4, 0.5) is 13.2 Å². The Labute approximate surface area is 56.6 Å². The van der Waals surface area contributed by atoms with Crippen LogP contribution in [0.15, 0.2) is 0 Å². The summed E-state index contributed by atoms with van der Waals surface area (Å²) < 4.78 is 39.2. The molecule has 0 saturated carbocycles. The number of rotatable bonds is 2. The van der Waals surface area contributed by atoms with Crippen molar-refractivity contribution in [1.82, 2.24) is 0 Å². The Bertz CT molecular complexity index is 108. The SMILES string of the molecule is COC[C@](C)(O)C(F)(F)F. The third-order valence-corrected chi connectivity index (χ3v) is 1.04. The second-order valence-corrected chi connectivity index (χ2v) is 2.20. The smallest absolute Gasteiger partial charge is 0.381 e. The van der Waals surface area contributed by atoms with Gasteiger partial charge in [-0.3, -0.25) is 0 Å². The quantitative estimate of drug-likeness (QED) is 0.648. The Balaban J connectivity index is 4.10. The lowest BCUT2D eigenvalue weighted by Crippen LogP contribution is -2.45. The molecule has 10 heavy (non-hydrogen) atoms. The lowest BCUT2D eigenvalue weighted by molar-refractivity contribution is -0.265. The van der Waals surface area contributed by atoms with Gasteiger partial charge in [-0.15, -0.1) is 0 Å². The summed E-state index contributed by atoms with van der Waals surface area (Å²) in [5.41, 5.74) is -2.73. The number of aliphatic hydroxyl groups is 1. The predicted molar refractivity (Wildman–Crippen MR) is 28.6 cm³/mol. The number of alkyl halides is 3. The number of methoxy groups -OCH3 is 1. The van der Waals surface area contributed by atoms with Crippen molar-refractivity contribution in [2.45, 2.75) is 18.7 Å². The fourth-order valence-electron chi connectivity index (χ4n) is 0.363. The van der Waals surface area contributed by atoms with E-state index in [0.717, 1.165) is 7.11 Å². The van der Waals surface area contributed by atoms with Crippen LogP contribution in [-0.4, -0.2) is 30.6 Å². The maximum Gasteiger partial charge on any atom is 0.419 e. The van der Waals surface area contributed by atoms with E-state index in [0.29, 0.717) is 6.92 Å². The summed E-state index contributed by atoms with van der Waals surface area (Å²) in [6, 6.07) is 0. The molecule has 0 fully saturated rings. The minimum Gasteiger partial charge on any atom is -0.381 e. The molecule has 0 bridgehead atoms. The van der Waals surface area contributed by atoms with Gasteiger partial charge in [-0.1, -0.05) is 0 Å². The fourth-order valence-corrected chi connectivity index (χ4v) is 0.363. The van der Waals surface area contributed by atoms with Crippen LogP contribution in [0.2, 0.25) is 0 Å². The topological polar surface area (TPSA) is 29.5 Å². The van der Waals surface area contributed by atoms with Crippen LogP contribution in [0.1, 0.15) is 6.92 Å². The summed E-state index contributed by atoms with van der Waals surface area (Å²) in [5, 5.41) is 8.60. The maximum atomic E-state index is 11.7. The molecule has 0 spiro atoms. The Morgan fingerprint density at radius 1 is 1.40 bits per heavy atom. The van der Waals surface area contributed by atoms with E-state index < -0.39 is 18.4 Å². The van der Waals surface area contributed by atoms with Gasteiger partial charge >= 0.3 is 6.18 Å². The Hall–Kier alpha value is -0.290. The maximum absolute atomic E-state index is 11.7. The number of hydrogen-bond donors (Lipinski definition) is 1. The van der Waals surface area contributed by atoms with Crippen LogP contribution in [0.3, 0.4) is 0 Å². The first-order valence-electron chi connectivity index (χ1n) is 2.59. The molecule has 0 aliphatic rings. The van der Waals surface area contributed by atoms with Gasteiger partial charge in [0.2, 0.25) is 0 Å². The number of hydrogen-bond acceptors (Lipinski definition) is 2. The van der Waals surface area contributed by atoms with E-state index in [2.05, 4.69) is 4.74 Å². The van der Waals surface area contributed by atoms with E-state index in [4.69, 9.17) is 5.11 Å². The third-order valence-electron chi connectivity index (χ3n) is 1.04. The second kappa shape index (κ2) is 2.75. The normalized spacial score (nSPS) is 18.6. The molecule has 1 N–H and O–H groups in total. The van der Waals surface area contributed by atoms with Gasteiger partial charge in [0, 0.05) is 7.11 Å². The average molecular weight is 158 g/mol. The molecule has 5 heteroatoms. The van der Waals surface area contributed by atoms with Crippen molar-refractivity contribution < 1.29 is 23.0 Å². The zero-order valence-corrected chi connectivity index (χ0v) is 5.70. The highest BCUT2D eigenvalue weighted by Gasteiger charge is 2.49. The number of ether oxygens (including phenoxy) is 1. The standard InChI is InChI=1S/C5H9F3O2/c1-4(9,3-10-2)5(6,7)8/h9H,3H2,1-2H3/t4-/m0/s1. The molecule has 0 aromatic heterocycles. The van der Waals surface area contributed by atoms with Crippen LogP contribution >= 0.6 is 0 Å². The Morgan fingerprint density at radius 2 is 1.80 bits per heavy atom. The van der Waals surface area contributed by atoms with Gasteiger partial charge in [0.1, 0.15) is 0 Å². The second-order valence-electron chi connectivity index (χ2n) is 2.20. The summed E-state index contributed by atoms with van der Waals surface area (Å²) in [6.07, 6.45) is -4.62. The van der Waals surface area contributed by atoms with Gasteiger partial charge in [0.05, 0.1) is 6.61 Å². The molecule has 0 aliphatic heterocycles. The van der Waals surface area contributed by atoms with Gasteiger partial charge in [-0.2, -0.15) is 13.2 Å². The Kier molecular flexibility index (Phi) is 2.67. The van der Waals surface area contributed by atoms with Gasteiger partial charge < -0.3 is 9.84 Å². The molecule has 2 nitrogen and oxygen atoms in total. The summed E-state index contributed by atoms with van der Waals surface area (Å²) in [7, 11) is 1.10. The molecule has 0 aromatic carbocycles. The van der Waals surface area contributed by atoms with E-state index in [1.165, 1.54) is 0 Å². The largest absolute Gasteiger partial charge is 0.419 e. The first-order chi connectivity index (χ1) is 4.31. The van der Waals surface area contributed by atoms with Crippen molar-refractivity contribution in [3.8, 4) is 0 Å². The summed E-state index contributed by atoms with van der Waals surface area (Å²) in [5.74, 6) is 0.